The number of hydrogen-bond donors (Lipinski definition) is 2. The first-order valence-electron chi connectivity index (χ1n) is 5.95. The fourth-order valence-electron chi connectivity index (χ4n) is 1.76. The highest BCUT2D eigenvalue weighted by molar-refractivity contribution is 5.93. The first kappa shape index (κ1) is 13.1. The molecule has 0 spiro atoms. The lowest BCUT2D eigenvalue weighted by molar-refractivity contribution is -0.115. The maximum absolute atomic E-state index is 12.8. The number of halogens is 1. The fourth-order valence-corrected chi connectivity index (χ4v) is 1.76. The molecule has 0 unspecified atom stereocenters. The summed E-state index contributed by atoms with van der Waals surface area (Å²) < 4.78 is 12.8. The summed E-state index contributed by atoms with van der Waals surface area (Å²) in [6.07, 6.45) is 0.203. The van der Waals surface area contributed by atoms with Crippen molar-refractivity contribution in [2.45, 2.75) is 13.3 Å². The van der Waals surface area contributed by atoms with Crippen LogP contribution < -0.4 is 11.1 Å². The Bertz CT molecular complexity index is 594. The summed E-state index contributed by atoms with van der Waals surface area (Å²) in [7, 11) is 0. The Balaban J connectivity index is 2.05. The van der Waals surface area contributed by atoms with Crippen molar-refractivity contribution in [3.05, 3.63) is 59.4 Å². The van der Waals surface area contributed by atoms with Crippen molar-refractivity contribution in [2.24, 2.45) is 0 Å². The molecule has 0 bridgehead atoms. The maximum atomic E-state index is 12.8. The van der Waals surface area contributed by atoms with Gasteiger partial charge in [0.15, 0.2) is 0 Å². The minimum atomic E-state index is -0.309. The zero-order valence-electron chi connectivity index (χ0n) is 10.6. The van der Waals surface area contributed by atoms with E-state index >= 15 is 0 Å². The Morgan fingerprint density at radius 2 is 1.89 bits per heavy atom. The summed E-state index contributed by atoms with van der Waals surface area (Å²) in [5.74, 6) is -0.462. The van der Waals surface area contributed by atoms with E-state index in [1.807, 2.05) is 13.0 Å². The van der Waals surface area contributed by atoms with Crippen LogP contribution in [-0.2, 0) is 11.2 Å². The Hall–Kier alpha value is -2.36. The summed E-state index contributed by atoms with van der Waals surface area (Å²) in [6.45, 7) is 1.90. The molecule has 0 aromatic heterocycles. The lowest BCUT2D eigenvalue weighted by Gasteiger charge is -2.09. The second-order valence-corrected chi connectivity index (χ2v) is 4.43. The number of nitrogens with one attached hydrogen (secondary N) is 1. The predicted molar refractivity (Wildman–Crippen MR) is 74.3 cm³/mol. The lowest BCUT2D eigenvalue weighted by Crippen LogP contribution is -2.15. The molecule has 0 aliphatic carbocycles. The van der Waals surface area contributed by atoms with Gasteiger partial charge < -0.3 is 11.1 Å². The van der Waals surface area contributed by atoms with Crippen LogP contribution in [0.25, 0.3) is 0 Å². The molecule has 19 heavy (non-hydrogen) atoms. The standard InChI is InChI=1S/C15H15FN2O/c1-10-2-7-13(17)9-14(10)18-15(19)8-11-3-5-12(16)6-4-11/h2-7,9H,8,17H2,1H3,(H,18,19). The van der Waals surface area contributed by atoms with Gasteiger partial charge in [0.25, 0.3) is 0 Å². The van der Waals surface area contributed by atoms with Crippen LogP contribution in [0, 0.1) is 12.7 Å². The van der Waals surface area contributed by atoms with Gasteiger partial charge in [0, 0.05) is 11.4 Å². The molecular weight excluding hydrogens is 243 g/mol. The van der Waals surface area contributed by atoms with Crippen LogP contribution in [0.15, 0.2) is 42.5 Å². The molecule has 0 aliphatic heterocycles. The van der Waals surface area contributed by atoms with E-state index in [1.54, 1.807) is 24.3 Å². The molecule has 0 saturated heterocycles. The van der Waals surface area contributed by atoms with Gasteiger partial charge in [-0.1, -0.05) is 18.2 Å². The first-order chi connectivity index (χ1) is 9.04. The highest BCUT2D eigenvalue weighted by Gasteiger charge is 2.06. The van der Waals surface area contributed by atoms with Crippen molar-refractivity contribution in [1.29, 1.82) is 0 Å². The molecule has 1 amide bonds. The smallest absolute Gasteiger partial charge is 0.228 e. The molecule has 0 saturated carbocycles. The molecular formula is C15H15FN2O. The highest BCUT2D eigenvalue weighted by Crippen LogP contribution is 2.18. The Labute approximate surface area is 111 Å². The van der Waals surface area contributed by atoms with Crippen LogP contribution in [0.4, 0.5) is 15.8 Å². The average molecular weight is 258 g/mol. The van der Waals surface area contributed by atoms with Crippen LogP contribution in [-0.4, -0.2) is 5.91 Å². The van der Waals surface area contributed by atoms with Crippen molar-refractivity contribution in [2.75, 3.05) is 11.1 Å². The van der Waals surface area contributed by atoms with Crippen LogP contribution in [0.2, 0.25) is 0 Å². The van der Waals surface area contributed by atoms with Crippen LogP contribution in [0.5, 0.6) is 0 Å². The number of hydrogen-bond acceptors (Lipinski definition) is 2. The van der Waals surface area contributed by atoms with Crippen LogP contribution in [0.1, 0.15) is 11.1 Å². The number of carbonyl (C=O) groups excluding carboxylic acids is 1. The fraction of sp³-hybridized carbons (Fsp3) is 0.133. The minimum absolute atomic E-state index is 0.152. The lowest BCUT2D eigenvalue weighted by atomic mass is 10.1. The molecule has 0 fully saturated rings. The first-order valence-corrected chi connectivity index (χ1v) is 5.95. The largest absolute Gasteiger partial charge is 0.399 e. The summed E-state index contributed by atoms with van der Waals surface area (Å²) in [4.78, 5) is 11.9. The topological polar surface area (TPSA) is 55.1 Å². The molecule has 98 valence electrons. The van der Waals surface area contributed by atoms with Crippen LogP contribution >= 0.6 is 0 Å². The van der Waals surface area contributed by atoms with Gasteiger partial charge in [-0.25, -0.2) is 4.39 Å². The van der Waals surface area contributed by atoms with E-state index in [2.05, 4.69) is 5.32 Å². The number of rotatable bonds is 3. The minimum Gasteiger partial charge on any atom is -0.399 e. The second kappa shape index (κ2) is 5.52. The Morgan fingerprint density at radius 3 is 2.58 bits per heavy atom. The van der Waals surface area contributed by atoms with E-state index in [-0.39, 0.29) is 18.1 Å². The summed E-state index contributed by atoms with van der Waals surface area (Å²) >= 11 is 0. The average Bonchev–Trinajstić information content (AvgIpc) is 2.37. The number of amides is 1. The second-order valence-electron chi connectivity index (χ2n) is 4.43. The molecule has 2 aromatic carbocycles. The van der Waals surface area contributed by atoms with Gasteiger partial charge in [-0.2, -0.15) is 0 Å². The van der Waals surface area contributed by atoms with E-state index in [0.29, 0.717) is 11.4 Å². The third kappa shape index (κ3) is 3.55. The third-order valence-electron chi connectivity index (χ3n) is 2.81. The number of nitrogens with two attached hydrogens (primary N) is 1. The van der Waals surface area contributed by atoms with Gasteiger partial charge >= 0.3 is 0 Å². The number of carbonyl (C=O) groups is 1. The molecule has 0 aliphatic rings. The quantitative estimate of drug-likeness (QED) is 0.832. The molecule has 0 heterocycles. The molecule has 3 N–H and O–H groups in total. The number of anilines is 2. The van der Waals surface area contributed by atoms with Crippen molar-refractivity contribution < 1.29 is 9.18 Å². The van der Waals surface area contributed by atoms with E-state index < -0.39 is 0 Å². The van der Waals surface area contributed by atoms with Crippen molar-refractivity contribution in [3.63, 3.8) is 0 Å². The number of aryl methyl sites for hydroxylation is 1. The maximum Gasteiger partial charge on any atom is 0.228 e. The normalized spacial score (nSPS) is 10.2. The van der Waals surface area contributed by atoms with Gasteiger partial charge in [0.1, 0.15) is 5.82 Å². The molecule has 3 nitrogen and oxygen atoms in total. The number of benzene rings is 2. The summed E-state index contributed by atoms with van der Waals surface area (Å²) in [6, 6.07) is 11.2. The molecule has 2 aromatic rings. The molecule has 0 atom stereocenters. The zero-order chi connectivity index (χ0) is 13.8. The van der Waals surface area contributed by atoms with Gasteiger partial charge in [-0.05, 0) is 42.3 Å². The van der Waals surface area contributed by atoms with Crippen LogP contribution in [0.3, 0.4) is 0 Å². The van der Waals surface area contributed by atoms with Crippen molar-refractivity contribution >= 4 is 17.3 Å². The van der Waals surface area contributed by atoms with Gasteiger partial charge in [-0.15, -0.1) is 0 Å². The van der Waals surface area contributed by atoms with Crippen molar-refractivity contribution in [3.8, 4) is 0 Å². The monoisotopic (exact) mass is 258 g/mol. The van der Waals surface area contributed by atoms with Gasteiger partial charge in [-0.3, -0.25) is 4.79 Å². The van der Waals surface area contributed by atoms with E-state index in [9.17, 15) is 9.18 Å². The summed E-state index contributed by atoms with van der Waals surface area (Å²) in [5, 5.41) is 2.80. The summed E-state index contributed by atoms with van der Waals surface area (Å²) in [5.41, 5.74) is 8.69. The molecule has 0 radical (unpaired) electrons. The Morgan fingerprint density at radius 1 is 1.21 bits per heavy atom. The predicted octanol–water partition coefficient (Wildman–Crippen LogP) is 2.90. The molecule has 4 heteroatoms. The molecule has 2 rings (SSSR count). The van der Waals surface area contributed by atoms with Crippen molar-refractivity contribution in [1.82, 2.24) is 0 Å². The van der Waals surface area contributed by atoms with E-state index in [0.717, 1.165) is 11.1 Å². The Kier molecular flexibility index (Phi) is 3.80. The zero-order valence-corrected chi connectivity index (χ0v) is 10.6. The van der Waals surface area contributed by atoms with E-state index in [4.69, 9.17) is 5.73 Å². The van der Waals surface area contributed by atoms with Gasteiger partial charge in [0.2, 0.25) is 5.91 Å². The third-order valence-corrected chi connectivity index (χ3v) is 2.81. The van der Waals surface area contributed by atoms with E-state index in [1.165, 1.54) is 12.1 Å². The highest BCUT2D eigenvalue weighted by atomic mass is 19.1. The van der Waals surface area contributed by atoms with Gasteiger partial charge in [0.05, 0.1) is 6.42 Å². The number of nitrogen functional groups attached to an aromatic ring is 1. The SMILES string of the molecule is Cc1ccc(N)cc1NC(=O)Cc1ccc(F)cc1.